The number of ketones is 1. The Labute approximate surface area is 143 Å². The van der Waals surface area contributed by atoms with Crippen LogP contribution in [0, 0.1) is 0 Å². The predicted octanol–water partition coefficient (Wildman–Crippen LogP) is 2.57. The maximum atomic E-state index is 12.3. The summed E-state index contributed by atoms with van der Waals surface area (Å²) >= 11 is 0. The molecule has 1 saturated heterocycles. The van der Waals surface area contributed by atoms with E-state index in [-0.39, 0.29) is 12.3 Å². The van der Waals surface area contributed by atoms with Crippen LogP contribution in [0.25, 0.3) is 0 Å². The van der Waals surface area contributed by atoms with Crippen molar-refractivity contribution in [2.75, 3.05) is 44.8 Å². The Morgan fingerprint density at radius 3 is 2.29 bits per heavy atom. The fraction of sp³-hybridized carbons (Fsp3) is 0.556. The first-order valence-corrected chi connectivity index (χ1v) is 8.16. The minimum absolute atomic E-state index is 0.00812. The molecule has 1 aromatic rings. The van der Waals surface area contributed by atoms with E-state index in [1.807, 2.05) is 12.1 Å². The van der Waals surface area contributed by atoms with Gasteiger partial charge >= 0.3 is 6.09 Å². The summed E-state index contributed by atoms with van der Waals surface area (Å²) in [6.45, 7) is 8.54. The first-order chi connectivity index (χ1) is 11.3. The summed E-state index contributed by atoms with van der Waals surface area (Å²) in [4.78, 5) is 27.8. The van der Waals surface area contributed by atoms with Crippen LogP contribution in [0.2, 0.25) is 0 Å². The first kappa shape index (κ1) is 18.3. The monoisotopic (exact) mass is 334 g/mol. The summed E-state index contributed by atoms with van der Waals surface area (Å²) in [6, 6.07) is 7.48. The number of nitrogens with zero attached hydrogens (tertiary/aromatic N) is 2. The highest BCUT2D eigenvalue weighted by molar-refractivity contribution is 5.99. The molecule has 6 heteroatoms. The van der Waals surface area contributed by atoms with E-state index in [9.17, 15) is 9.59 Å². The molecule has 0 aromatic heterocycles. The van der Waals surface area contributed by atoms with E-state index in [0.29, 0.717) is 5.56 Å². The average Bonchev–Trinajstić information content (AvgIpc) is 2.54. The highest BCUT2D eigenvalue weighted by Crippen LogP contribution is 2.17. The minimum Gasteiger partial charge on any atom is -0.444 e. The van der Waals surface area contributed by atoms with Gasteiger partial charge in [0.15, 0.2) is 5.78 Å². The van der Waals surface area contributed by atoms with Crippen molar-refractivity contribution in [1.82, 2.24) is 4.90 Å². The molecular weight excluding hydrogens is 308 g/mol. The van der Waals surface area contributed by atoms with Gasteiger partial charge in [0, 0.05) is 31.4 Å². The summed E-state index contributed by atoms with van der Waals surface area (Å²) in [6.07, 6.45) is -0.499. The quantitative estimate of drug-likeness (QED) is 0.792. The molecule has 0 aliphatic carbocycles. The van der Waals surface area contributed by atoms with Crippen LogP contribution in [0.15, 0.2) is 24.3 Å². The number of amides is 1. The molecule has 1 aliphatic rings. The maximum absolute atomic E-state index is 12.3. The fourth-order valence-corrected chi connectivity index (χ4v) is 2.39. The van der Waals surface area contributed by atoms with E-state index < -0.39 is 11.7 Å². The van der Waals surface area contributed by atoms with E-state index >= 15 is 0 Å². The summed E-state index contributed by atoms with van der Waals surface area (Å²) in [7, 11) is 1.56. The number of carbonyl (C=O) groups excluding carboxylic acids is 2. The molecular formula is C18H26N2O4. The molecule has 1 fully saturated rings. The van der Waals surface area contributed by atoms with Gasteiger partial charge in [-0.15, -0.1) is 0 Å². The molecule has 0 saturated carbocycles. The van der Waals surface area contributed by atoms with E-state index in [0.717, 1.165) is 32.0 Å². The molecule has 0 unspecified atom stereocenters. The molecule has 1 aliphatic heterocycles. The van der Waals surface area contributed by atoms with Crippen LogP contribution >= 0.6 is 0 Å². The number of morpholine rings is 1. The Balaban J connectivity index is 1.93. The second-order valence-corrected chi connectivity index (χ2v) is 6.91. The van der Waals surface area contributed by atoms with Gasteiger partial charge in [-0.2, -0.15) is 0 Å². The minimum atomic E-state index is -0.575. The van der Waals surface area contributed by atoms with Crippen molar-refractivity contribution < 1.29 is 19.1 Å². The zero-order chi connectivity index (χ0) is 17.7. The lowest BCUT2D eigenvalue weighted by atomic mass is 10.1. The fourth-order valence-electron chi connectivity index (χ4n) is 2.39. The normalized spacial score (nSPS) is 15.1. The van der Waals surface area contributed by atoms with Crippen molar-refractivity contribution in [3.05, 3.63) is 29.8 Å². The number of ether oxygens (including phenoxy) is 2. The molecule has 0 N–H and O–H groups in total. The van der Waals surface area contributed by atoms with Gasteiger partial charge in [0.2, 0.25) is 0 Å². The number of likely N-dealkylation sites (N-methyl/N-ethyl adjacent to an activating group) is 1. The standard InChI is InChI=1S/C18H26N2O4/c1-18(2,3)24-17(22)19(4)13-16(21)14-5-7-15(8-6-14)20-9-11-23-12-10-20/h5-8H,9-13H2,1-4H3. The largest absolute Gasteiger partial charge is 0.444 e. The van der Waals surface area contributed by atoms with E-state index in [1.54, 1.807) is 40.0 Å². The zero-order valence-electron chi connectivity index (χ0n) is 14.9. The van der Waals surface area contributed by atoms with Gasteiger partial charge in [0.25, 0.3) is 0 Å². The van der Waals surface area contributed by atoms with Gasteiger partial charge in [-0.3, -0.25) is 4.79 Å². The van der Waals surface area contributed by atoms with Gasteiger partial charge in [0.1, 0.15) is 5.60 Å². The zero-order valence-corrected chi connectivity index (χ0v) is 14.9. The molecule has 6 nitrogen and oxygen atoms in total. The molecule has 0 bridgehead atoms. The highest BCUT2D eigenvalue weighted by atomic mass is 16.6. The number of hydrogen-bond donors (Lipinski definition) is 0. The van der Waals surface area contributed by atoms with E-state index in [4.69, 9.17) is 9.47 Å². The molecule has 0 spiro atoms. The van der Waals surface area contributed by atoms with Gasteiger partial charge in [-0.05, 0) is 45.0 Å². The number of Topliss-reactive ketones (excluding diaryl/α,β-unsaturated/α-hetero) is 1. The lowest BCUT2D eigenvalue weighted by Gasteiger charge is -2.29. The SMILES string of the molecule is CN(CC(=O)c1ccc(N2CCOCC2)cc1)C(=O)OC(C)(C)C. The van der Waals surface area contributed by atoms with Gasteiger partial charge < -0.3 is 19.3 Å². The molecule has 132 valence electrons. The summed E-state index contributed by atoms with van der Waals surface area (Å²) in [5, 5.41) is 0. The summed E-state index contributed by atoms with van der Waals surface area (Å²) in [5.41, 5.74) is 1.09. The molecule has 1 aromatic carbocycles. The van der Waals surface area contributed by atoms with Crippen molar-refractivity contribution in [3.8, 4) is 0 Å². The van der Waals surface area contributed by atoms with Gasteiger partial charge in [0.05, 0.1) is 19.8 Å². The Bertz CT molecular complexity index is 572. The third kappa shape index (κ3) is 5.23. The number of hydrogen-bond acceptors (Lipinski definition) is 5. The number of carbonyl (C=O) groups is 2. The number of anilines is 1. The summed E-state index contributed by atoms with van der Waals surface area (Å²) in [5.74, 6) is -0.114. The topological polar surface area (TPSA) is 59.1 Å². The maximum Gasteiger partial charge on any atom is 0.410 e. The Morgan fingerprint density at radius 1 is 1.17 bits per heavy atom. The second-order valence-electron chi connectivity index (χ2n) is 6.91. The molecule has 24 heavy (non-hydrogen) atoms. The lowest BCUT2D eigenvalue weighted by Crippen LogP contribution is -2.37. The van der Waals surface area contributed by atoms with Crippen LogP contribution in [0.1, 0.15) is 31.1 Å². The second kappa shape index (κ2) is 7.66. The Hall–Kier alpha value is -2.08. The predicted molar refractivity (Wildman–Crippen MR) is 92.7 cm³/mol. The number of benzene rings is 1. The van der Waals surface area contributed by atoms with Crippen LogP contribution in [0.4, 0.5) is 10.5 Å². The third-order valence-corrected chi connectivity index (χ3v) is 3.65. The lowest BCUT2D eigenvalue weighted by molar-refractivity contribution is 0.0295. The van der Waals surface area contributed by atoms with Crippen molar-refractivity contribution in [3.63, 3.8) is 0 Å². The van der Waals surface area contributed by atoms with Crippen molar-refractivity contribution in [1.29, 1.82) is 0 Å². The van der Waals surface area contributed by atoms with E-state index in [2.05, 4.69) is 4.90 Å². The molecule has 0 atom stereocenters. The molecule has 1 heterocycles. The van der Waals surface area contributed by atoms with Crippen LogP contribution in [-0.2, 0) is 9.47 Å². The van der Waals surface area contributed by atoms with Crippen molar-refractivity contribution in [2.24, 2.45) is 0 Å². The van der Waals surface area contributed by atoms with Crippen LogP contribution in [0.5, 0.6) is 0 Å². The van der Waals surface area contributed by atoms with Gasteiger partial charge in [-0.25, -0.2) is 4.79 Å². The average molecular weight is 334 g/mol. The third-order valence-electron chi connectivity index (χ3n) is 3.65. The van der Waals surface area contributed by atoms with Crippen molar-refractivity contribution in [2.45, 2.75) is 26.4 Å². The number of rotatable bonds is 4. The van der Waals surface area contributed by atoms with Gasteiger partial charge in [-0.1, -0.05) is 0 Å². The Kier molecular flexibility index (Phi) is 5.83. The summed E-state index contributed by atoms with van der Waals surface area (Å²) < 4.78 is 10.6. The van der Waals surface area contributed by atoms with Crippen LogP contribution < -0.4 is 4.90 Å². The first-order valence-electron chi connectivity index (χ1n) is 8.16. The smallest absolute Gasteiger partial charge is 0.410 e. The molecule has 1 amide bonds. The van der Waals surface area contributed by atoms with E-state index in [1.165, 1.54) is 4.90 Å². The van der Waals surface area contributed by atoms with Crippen LogP contribution in [-0.4, -0.2) is 62.3 Å². The van der Waals surface area contributed by atoms with Crippen molar-refractivity contribution >= 4 is 17.6 Å². The highest BCUT2D eigenvalue weighted by Gasteiger charge is 2.21. The molecule has 0 radical (unpaired) electrons. The Morgan fingerprint density at radius 2 is 1.75 bits per heavy atom. The van der Waals surface area contributed by atoms with Crippen LogP contribution in [0.3, 0.4) is 0 Å². The molecule has 2 rings (SSSR count).